The molecule has 10 nitrogen and oxygen atoms in total. The lowest BCUT2D eigenvalue weighted by Gasteiger charge is -2.49. The lowest BCUT2D eigenvalue weighted by atomic mass is 9.75. The first-order valence-electron chi connectivity index (χ1n) is 17.3. The van der Waals surface area contributed by atoms with Crippen molar-refractivity contribution in [2.75, 3.05) is 33.9 Å². The number of nitrogens with zero attached hydrogens (tertiary/aromatic N) is 1. The molecule has 2 heterocycles. The molecule has 1 aromatic carbocycles. The Morgan fingerprint density at radius 2 is 1.76 bits per heavy atom. The second-order valence-corrected chi connectivity index (χ2v) is 20.9. The summed E-state index contributed by atoms with van der Waals surface area (Å²) in [6.45, 7) is 22.0. The van der Waals surface area contributed by atoms with Gasteiger partial charge >= 0.3 is 6.09 Å². The number of hydrogen-bond acceptors (Lipinski definition) is 7. The van der Waals surface area contributed by atoms with E-state index in [9.17, 15) is 9.59 Å². The molecule has 2 amide bonds. The summed E-state index contributed by atoms with van der Waals surface area (Å²) in [5.74, 6) is 1.31. The third kappa shape index (κ3) is 7.57. The molecule has 1 aliphatic heterocycles. The minimum absolute atomic E-state index is 0.0500. The Morgan fingerprint density at radius 3 is 2.39 bits per heavy atom. The van der Waals surface area contributed by atoms with Crippen LogP contribution in [-0.4, -0.2) is 81.9 Å². The predicted octanol–water partition coefficient (Wildman–Crippen LogP) is 7.92. The summed E-state index contributed by atoms with van der Waals surface area (Å²) in [5, 5.41) is 3.51. The molecule has 2 N–H and O–H groups in total. The molecule has 2 aromatic rings. The molecule has 0 bridgehead atoms. The molecule has 0 radical (unpaired) electrons. The maximum Gasteiger partial charge on any atom is 0.407 e. The second kappa shape index (κ2) is 13.5. The number of methoxy groups -OCH3 is 2. The van der Waals surface area contributed by atoms with Gasteiger partial charge in [0.15, 0.2) is 19.8 Å². The van der Waals surface area contributed by atoms with E-state index in [1.54, 1.807) is 14.2 Å². The van der Waals surface area contributed by atoms with Crippen molar-refractivity contribution >= 4 is 31.2 Å². The van der Waals surface area contributed by atoms with E-state index >= 15 is 0 Å². The number of rotatable bonds is 9. The topological polar surface area (TPSA) is 111 Å². The molecule has 5 rings (SSSR count). The van der Waals surface area contributed by atoms with Gasteiger partial charge < -0.3 is 38.6 Å². The van der Waals surface area contributed by atoms with Crippen LogP contribution in [0.3, 0.4) is 0 Å². The number of likely N-dealkylation sites (tertiary alicyclic amines) is 1. The van der Waals surface area contributed by atoms with Crippen molar-refractivity contribution < 1.29 is 33.0 Å². The highest BCUT2D eigenvalue weighted by molar-refractivity contribution is 6.74. The lowest BCUT2D eigenvalue weighted by Crippen LogP contribution is -2.57. The van der Waals surface area contributed by atoms with Gasteiger partial charge in [-0.15, -0.1) is 0 Å². The molecule has 11 heteroatoms. The molecular weight excluding hydrogens is 639 g/mol. The molecule has 49 heavy (non-hydrogen) atoms. The normalized spacial score (nSPS) is 21.1. The van der Waals surface area contributed by atoms with Crippen molar-refractivity contribution in [2.45, 2.75) is 104 Å². The van der Waals surface area contributed by atoms with E-state index in [4.69, 9.17) is 23.4 Å². The van der Waals surface area contributed by atoms with Gasteiger partial charge in [-0.3, -0.25) is 4.79 Å². The van der Waals surface area contributed by atoms with Gasteiger partial charge in [-0.05, 0) is 94.4 Å². The van der Waals surface area contributed by atoms with E-state index in [0.29, 0.717) is 35.0 Å². The predicted molar refractivity (Wildman–Crippen MR) is 195 cm³/mol. The zero-order chi connectivity index (χ0) is 36.1. The van der Waals surface area contributed by atoms with Crippen molar-refractivity contribution in [3.63, 3.8) is 0 Å². The minimum atomic E-state index is -2.11. The standard InChI is InChI=1S/C38H55N3O7Si/c1-22-15-26-23(2)17-30-28(27(26)16-22)20-25(48-49(11,12)38(6,7)8)21-41(30)35(42)29-18-24-19-31(44-9)33(34(45-10)32(24)40-29)46-14-13-39-36(43)47-37(3,4)5/h16-19,25,28,30,40H,13-15,20-21H2,1-12H3,(H,39,43)/t25-,28?,30?/m0/s1. The fraction of sp³-hybridized carbons (Fsp3) is 0.579. The first-order valence-corrected chi connectivity index (χ1v) is 20.2. The van der Waals surface area contributed by atoms with Crippen LogP contribution in [0.4, 0.5) is 4.79 Å². The average molecular weight is 694 g/mol. The number of ether oxygens (including phenoxy) is 4. The molecule has 1 saturated heterocycles. The number of amides is 2. The van der Waals surface area contributed by atoms with E-state index in [-0.39, 0.29) is 42.2 Å². The van der Waals surface area contributed by atoms with Gasteiger partial charge in [-0.25, -0.2) is 4.79 Å². The fourth-order valence-electron chi connectivity index (χ4n) is 6.89. The molecule has 0 spiro atoms. The second-order valence-electron chi connectivity index (χ2n) is 16.1. The summed E-state index contributed by atoms with van der Waals surface area (Å²) in [4.78, 5) is 32.1. The summed E-state index contributed by atoms with van der Waals surface area (Å²) < 4.78 is 29.9. The summed E-state index contributed by atoms with van der Waals surface area (Å²) in [6.07, 6.45) is 5.88. The zero-order valence-corrected chi connectivity index (χ0v) is 32.4. The highest BCUT2D eigenvalue weighted by atomic mass is 28.4. The Morgan fingerprint density at radius 1 is 1.04 bits per heavy atom. The van der Waals surface area contributed by atoms with Crippen molar-refractivity contribution in [3.8, 4) is 17.2 Å². The third-order valence-electron chi connectivity index (χ3n) is 10.2. The number of fused-ring (bicyclic) bond motifs is 3. The Hall–Kier alpha value is -3.70. The number of hydrogen-bond donors (Lipinski definition) is 2. The number of nitrogens with one attached hydrogen (secondary N) is 2. The van der Waals surface area contributed by atoms with Crippen LogP contribution in [0.15, 0.2) is 46.6 Å². The largest absolute Gasteiger partial charge is 0.493 e. The minimum Gasteiger partial charge on any atom is -0.493 e. The van der Waals surface area contributed by atoms with Crippen LogP contribution < -0.4 is 19.5 Å². The fourth-order valence-corrected chi connectivity index (χ4v) is 8.24. The van der Waals surface area contributed by atoms with Crippen LogP contribution >= 0.6 is 0 Å². The third-order valence-corrected chi connectivity index (χ3v) is 14.7. The highest BCUT2D eigenvalue weighted by Crippen LogP contribution is 2.48. The monoisotopic (exact) mass is 693 g/mol. The molecule has 1 aromatic heterocycles. The van der Waals surface area contributed by atoms with E-state index in [1.807, 2.05) is 37.8 Å². The number of aromatic amines is 1. The van der Waals surface area contributed by atoms with Gasteiger partial charge in [0.1, 0.15) is 17.9 Å². The number of benzene rings is 1. The van der Waals surface area contributed by atoms with Crippen LogP contribution in [-0.2, 0) is 9.16 Å². The molecular formula is C38H55N3O7Si. The smallest absolute Gasteiger partial charge is 0.407 e. The van der Waals surface area contributed by atoms with Crippen molar-refractivity contribution in [2.24, 2.45) is 5.92 Å². The number of aromatic nitrogens is 1. The molecule has 3 atom stereocenters. The maximum atomic E-state index is 14.6. The Labute approximate surface area is 292 Å². The van der Waals surface area contributed by atoms with Gasteiger partial charge in [0.25, 0.3) is 5.91 Å². The van der Waals surface area contributed by atoms with Gasteiger partial charge in [0.05, 0.1) is 38.4 Å². The quantitative estimate of drug-likeness (QED) is 0.203. The summed E-state index contributed by atoms with van der Waals surface area (Å²) in [7, 11) is 1.00. The molecule has 1 fully saturated rings. The lowest BCUT2D eigenvalue weighted by molar-refractivity contribution is 0.0248. The number of carbonyl (C=O) groups is 2. The van der Waals surface area contributed by atoms with Crippen molar-refractivity contribution in [3.05, 3.63) is 52.3 Å². The van der Waals surface area contributed by atoms with Gasteiger partial charge in [-0.1, -0.05) is 38.5 Å². The number of piperidine rings is 1. The van der Waals surface area contributed by atoms with Gasteiger partial charge in [-0.2, -0.15) is 0 Å². The van der Waals surface area contributed by atoms with E-state index in [2.05, 4.69) is 70.2 Å². The number of H-pyrrole nitrogens is 1. The first kappa shape index (κ1) is 36.6. The van der Waals surface area contributed by atoms with Crippen LogP contribution in [0.2, 0.25) is 18.1 Å². The molecule has 0 saturated carbocycles. The van der Waals surface area contributed by atoms with Crippen molar-refractivity contribution in [1.29, 1.82) is 0 Å². The zero-order valence-electron chi connectivity index (χ0n) is 31.4. The highest BCUT2D eigenvalue weighted by Gasteiger charge is 2.47. The van der Waals surface area contributed by atoms with Crippen LogP contribution in [0.1, 0.15) is 78.7 Å². The summed E-state index contributed by atoms with van der Waals surface area (Å²) >= 11 is 0. The maximum absolute atomic E-state index is 14.6. The number of alkyl carbamates (subject to hydrolysis) is 1. The molecule has 2 unspecified atom stereocenters. The molecule has 2 aliphatic carbocycles. The van der Waals surface area contributed by atoms with Crippen LogP contribution in [0, 0.1) is 5.92 Å². The van der Waals surface area contributed by atoms with E-state index in [1.165, 1.54) is 22.3 Å². The van der Waals surface area contributed by atoms with Crippen LogP contribution in [0.5, 0.6) is 17.2 Å². The Kier molecular flexibility index (Phi) is 10.1. The molecule has 268 valence electrons. The summed E-state index contributed by atoms with van der Waals surface area (Å²) in [6, 6.07) is 3.61. The average Bonchev–Trinajstić information content (AvgIpc) is 3.60. The van der Waals surface area contributed by atoms with Gasteiger partial charge in [0.2, 0.25) is 5.75 Å². The Bertz CT molecular complexity index is 1710. The SMILES string of the molecule is COc1cc2cc(C(=O)N3C[C@@H](O[Si](C)(C)C(C)(C)C)CC4C5=C(CC(C)=C5)C(C)=CC43)[nH]c2c(OC)c1OCCNC(=O)OC(C)(C)C. The van der Waals surface area contributed by atoms with E-state index < -0.39 is 20.0 Å². The van der Waals surface area contributed by atoms with Crippen molar-refractivity contribution in [1.82, 2.24) is 15.2 Å². The number of carbonyl (C=O) groups excluding carboxylic acids is 2. The molecule has 3 aliphatic rings. The summed E-state index contributed by atoms with van der Waals surface area (Å²) in [5.41, 5.74) is 5.84. The van der Waals surface area contributed by atoms with E-state index in [0.717, 1.165) is 18.2 Å². The number of allylic oxidation sites excluding steroid dienone is 4. The van der Waals surface area contributed by atoms with Crippen LogP contribution in [0.25, 0.3) is 10.9 Å². The van der Waals surface area contributed by atoms with Gasteiger partial charge in [0, 0.05) is 17.8 Å². The Balaban J connectivity index is 1.45. The first-order chi connectivity index (χ1) is 22.8.